The van der Waals surface area contributed by atoms with E-state index in [9.17, 15) is 9.18 Å². The van der Waals surface area contributed by atoms with Crippen molar-refractivity contribution in [3.63, 3.8) is 0 Å². The van der Waals surface area contributed by atoms with Gasteiger partial charge in [-0.3, -0.25) is 14.8 Å². The molecule has 1 aliphatic rings. The second-order valence-electron chi connectivity index (χ2n) is 7.65. The van der Waals surface area contributed by atoms with E-state index in [4.69, 9.17) is 4.74 Å². The Morgan fingerprint density at radius 3 is 2.65 bits per heavy atom. The third kappa shape index (κ3) is 4.87. The number of hydrogen-bond acceptors (Lipinski definition) is 5. The smallest absolute Gasteiger partial charge is 0.238 e. The molecule has 5 rings (SSSR count). The van der Waals surface area contributed by atoms with Crippen LogP contribution in [0.25, 0.3) is 12.2 Å². The van der Waals surface area contributed by atoms with E-state index in [0.29, 0.717) is 23.3 Å². The van der Waals surface area contributed by atoms with E-state index in [1.54, 1.807) is 18.2 Å². The van der Waals surface area contributed by atoms with Crippen LogP contribution in [0.15, 0.2) is 84.0 Å². The number of amides is 1. The lowest BCUT2D eigenvalue weighted by Crippen LogP contribution is -2.42. The molecule has 6 nitrogen and oxygen atoms in total. The summed E-state index contributed by atoms with van der Waals surface area (Å²) in [6, 6.07) is 23.4. The second kappa shape index (κ2) is 9.93. The maximum atomic E-state index is 13.4. The molecular formula is C26H21FN4O2S. The molecule has 170 valence electrons. The van der Waals surface area contributed by atoms with Crippen LogP contribution in [-0.4, -0.2) is 33.4 Å². The topological polar surface area (TPSA) is 71.1 Å². The Hall–Kier alpha value is -3.91. The van der Waals surface area contributed by atoms with Gasteiger partial charge in [0, 0.05) is 0 Å². The number of carbonyl (C=O) groups is 1. The largest absolute Gasteiger partial charge is 0.489 e. The van der Waals surface area contributed by atoms with Crippen LogP contribution in [0.3, 0.4) is 0 Å². The lowest BCUT2D eigenvalue weighted by molar-refractivity contribution is -0.117. The van der Waals surface area contributed by atoms with Crippen molar-refractivity contribution >= 4 is 35.5 Å². The number of ether oxygens (including phenoxy) is 1. The van der Waals surface area contributed by atoms with Crippen LogP contribution in [0.1, 0.15) is 23.0 Å². The molecule has 3 aromatic carbocycles. The number of aromatic nitrogens is 3. The number of nitrogens with zero attached hydrogens (tertiary/aromatic N) is 3. The van der Waals surface area contributed by atoms with Gasteiger partial charge in [0.25, 0.3) is 0 Å². The molecule has 1 atom stereocenters. The predicted molar refractivity (Wildman–Crippen MR) is 131 cm³/mol. The monoisotopic (exact) mass is 472 g/mol. The zero-order valence-electron chi connectivity index (χ0n) is 18.1. The van der Waals surface area contributed by atoms with Gasteiger partial charge in [0.05, 0.1) is 17.5 Å². The molecule has 1 aromatic heterocycles. The number of fused-ring (bicyclic) bond motifs is 1. The SMILES string of the molecule is O=C(CSc1n[nH]c(/C=C/c2ccc(F)cc2)n1)N1c2ccccc2OCC1c1ccccc1. The third-order valence-corrected chi connectivity index (χ3v) is 6.23. The fourth-order valence-corrected chi connectivity index (χ4v) is 4.42. The van der Waals surface area contributed by atoms with E-state index >= 15 is 0 Å². The number of rotatable bonds is 6. The zero-order chi connectivity index (χ0) is 23.3. The molecule has 0 spiro atoms. The van der Waals surface area contributed by atoms with Crippen LogP contribution < -0.4 is 9.64 Å². The predicted octanol–water partition coefficient (Wildman–Crippen LogP) is 5.37. The summed E-state index contributed by atoms with van der Waals surface area (Å²) in [6.45, 7) is 0.385. The number of benzene rings is 3. The van der Waals surface area contributed by atoms with Crippen LogP contribution in [-0.2, 0) is 4.79 Å². The number of para-hydroxylation sites is 2. The first-order valence-electron chi connectivity index (χ1n) is 10.7. The van der Waals surface area contributed by atoms with E-state index < -0.39 is 0 Å². The molecule has 8 heteroatoms. The van der Waals surface area contributed by atoms with Gasteiger partial charge >= 0.3 is 0 Å². The van der Waals surface area contributed by atoms with E-state index in [-0.39, 0.29) is 23.5 Å². The number of nitrogens with one attached hydrogen (secondary N) is 1. The normalized spacial score (nSPS) is 15.2. The van der Waals surface area contributed by atoms with Gasteiger partial charge in [0.2, 0.25) is 11.1 Å². The molecule has 2 heterocycles. The summed E-state index contributed by atoms with van der Waals surface area (Å²) in [6.07, 6.45) is 3.57. The first kappa shape index (κ1) is 21.9. The summed E-state index contributed by atoms with van der Waals surface area (Å²) in [5, 5.41) is 7.53. The summed E-state index contributed by atoms with van der Waals surface area (Å²) in [5.74, 6) is 1.09. The molecule has 0 radical (unpaired) electrons. The van der Waals surface area contributed by atoms with E-state index in [2.05, 4.69) is 15.2 Å². The first-order chi connectivity index (χ1) is 16.7. The quantitative estimate of drug-likeness (QED) is 0.382. The maximum absolute atomic E-state index is 13.4. The lowest BCUT2D eigenvalue weighted by atomic mass is 10.0. The molecule has 1 amide bonds. The van der Waals surface area contributed by atoms with Crippen molar-refractivity contribution in [1.82, 2.24) is 15.2 Å². The molecule has 0 saturated carbocycles. The van der Waals surface area contributed by atoms with Crippen molar-refractivity contribution in [2.45, 2.75) is 11.2 Å². The highest BCUT2D eigenvalue weighted by Crippen LogP contribution is 2.39. The van der Waals surface area contributed by atoms with E-state index in [1.165, 1.54) is 23.9 Å². The number of H-pyrrole nitrogens is 1. The van der Waals surface area contributed by atoms with Gasteiger partial charge < -0.3 is 4.74 Å². The van der Waals surface area contributed by atoms with Crippen molar-refractivity contribution in [2.24, 2.45) is 0 Å². The molecule has 34 heavy (non-hydrogen) atoms. The first-order valence-corrected chi connectivity index (χ1v) is 11.7. The second-order valence-corrected chi connectivity index (χ2v) is 8.59. The summed E-state index contributed by atoms with van der Waals surface area (Å²) >= 11 is 1.27. The Labute approximate surface area is 200 Å². The Bertz CT molecular complexity index is 1310. The average molecular weight is 473 g/mol. The van der Waals surface area contributed by atoms with Crippen LogP contribution in [0, 0.1) is 5.82 Å². The number of thioether (sulfide) groups is 1. The van der Waals surface area contributed by atoms with E-state index in [1.807, 2.05) is 65.6 Å². The van der Waals surface area contributed by atoms with E-state index in [0.717, 1.165) is 16.8 Å². The highest BCUT2D eigenvalue weighted by molar-refractivity contribution is 7.99. The molecule has 0 aliphatic carbocycles. The molecule has 0 bridgehead atoms. The van der Waals surface area contributed by atoms with Gasteiger partial charge in [-0.1, -0.05) is 72.4 Å². The van der Waals surface area contributed by atoms with Gasteiger partial charge in [-0.05, 0) is 41.5 Å². The maximum Gasteiger partial charge on any atom is 0.238 e. The van der Waals surface area contributed by atoms with Gasteiger partial charge in [-0.25, -0.2) is 9.37 Å². The number of aromatic amines is 1. The average Bonchev–Trinajstić information content (AvgIpc) is 3.34. The van der Waals surface area contributed by atoms with Crippen molar-refractivity contribution in [2.75, 3.05) is 17.3 Å². The standard InChI is InChI=1S/C26H21FN4O2S/c27-20-13-10-18(11-14-20)12-15-24-28-26(30-29-24)34-17-25(32)31-21-8-4-5-9-23(21)33-16-22(31)19-6-2-1-3-7-19/h1-15,22H,16-17H2,(H,28,29,30)/b15-12+. The highest BCUT2D eigenvalue weighted by atomic mass is 32.2. The molecule has 4 aromatic rings. The Kier molecular flexibility index (Phi) is 6.40. The highest BCUT2D eigenvalue weighted by Gasteiger charge is 2.33. The third-order valence-electron chi connectivity index (χ3n) is 5.40. The molecule has 0 fully saturated rings. The van der Waals surface area contributed by atoms with Gasteiger partial charge in [-0.2, -0.15) is 0 Å². The van der Waals surface area contributed by atoms with Crippen molar-refractivity contribution in [3.8, 4) is 5.75 Å². The van der Waals surface area contributed by atoms with Crippen LogP contribution in [0.5, 0.6) is 5.75 Å². The summed E-state index contributed by atoms with van der Waals surface area (Å²) < 4.78 is 19.0. The van der Waals surface area contributed by atoms with Gasteiger partial charge in [0.1, 0.15) is 24.0 Å². The Morgan fingerprint density at radius 2 is 1.82 bits per heavy atom. The van der Waals surface area contributed by atoms with Crippen molar-refractivity contribution < 1.29 is 13.9 Å². The summed E-state index contributed by atoms with van der Waals surface area (Å²) in [5.41, 5.74) is 2.62. The Balaban J connectivity index is 1.30. The van der Waals surface area contributed by atoms with Crippen LogP contribution in [0.4, 0.5) is 10.1 Å². The minimum Gasteiger partial charge on any atom is -0.489 e. The number of anilines is 1. The lowest BCUT2D eigenvalue weighted by Gasteiger charge is -2.37. The summed E-state index contributed by atoms with van der Waals surface area (Å²) in [4.78, 5) is 19.6. The fraction of sp³-hybridized carbons (Fsp3) is 0.115. The minimum atomic E-state index is -0.280. The molecule has 1 unspecified atom stereocenters. The summed E-state index contributed by atoms with van der Waals surface area (Å²) in [7, 11) is 0. The number of carbonyl (C=O) groups excluding carboxylic acids is 1. The fourth-order valence-electron chi connectivity index (χ4n) is 3.76. The van der Waals surface area contributed by atoms with Crippen LogP contribution in [0.2, 0.25) is 0 Å². The van der Waals surface area contributed by atoms with Gasteiger partial charge in [-0.15, -0.1) is 5.10 Å². The number of halogens is 1. The molecule has 1 N–H and O–H groups in total. The Morgan fingerprint density at radius 1 is 1.06 bits per heavy atom. The molecular weight excluding hydrogens is 451 g/mol. The zero-order valence-corrected chi connectivity index (χ0v) is 18.9. The molecule has 0 saturated heterocycles. The van der Waals surface area contributed by atoms with Crippen molar-refractivity contribution in [3.05, 3.63) is 102 Å². The van der Waals surface area contributed by atoms with Gasteiger partial charge in [0.15, 0.2) is 0 Å². The van der Waals surface area contributed by atoms with Crippen LogP contribution >= 0.6 is 11.8 Å². The molecule has 1 aliphatic heterocycles. The minimum absolute atomic E-state index is 0.0530. The van der Waals surface area contributed by atoms with Crippen molar-refractivity contribution in [1.29, 1.82) is 0 Å². The number of hydrogen-bond donors (Lipinski definition) is 1.